The number of nitrogens with zero attached hydrogens (tertiary/aromatic N) is 2. The van der Waals surface area contributed by atoms with Crippen molar-refractivity contribution in [2.45, 2.75) is 0 Å². The summed E-state index contributed by atoms with van der Waals surface area (Å²) in [6.07, 6.45) is 0. The summed E-state index contributed by atoms with van der Waals surface area (Å²) < 4.78 is 0. The SMILES string of the molecule is N#Cc1cc(-c2cc3ccccc3c3ccccc23)c(C#N)cc1-c1ccc2c3ccccc3c3ccccc3c2c1. The minimum atomic E-state index is 0.547. The zero-order valence-corrected chi connectivity index (χ0v) is 22.6. The van der Waals surface area contributed by atoms with Gasteiger partial charge in [0.25, 0.3) is 0 Å². The lowest BCUT2D eigenvalue weighted by molar-refractivity contribution is 1.45. The molecule has 8 aromatic rings. The van der Waals surface area contributed by atoms with Crippen LogP contribution in [0, 0.1) is 22.7 Å². The fraction of sp³-hybridized carbons (Fsp3) is 0. The molecule has 8 rings (SSSR count). The van der Waals surface area contributed by atoms with Crippen LogP contribution in [0.15, 0.2) is 133 Å². The van der Waals surface area contributed by atoms with Crippen molar-refractivity contribution in [2.24, 2.45) is 0 Å². The molecular formula is C40H22N2. The molecule has 2 nitrogen and oxygen atoms in total. The standard InChI is InChI=1S/C40H22N2/c41-23-27-22-38(40-19-25-9-1-2-10-29(25)30-11-3-7-15-34(30)40)28(24-42)21-37(27)26-17-18-36-33-14-5-4-12-31(33)32-13-6-8-16-35(32)39(36)20-26/h1-22H. The maximum atomic E-state index is 10.4. The Labute approximate surface area is 242 Å². The van der Waals surface area contributed by atoms with Crippen LogP contribution in [0.2, 0.25) is 0 Å². The van der Waals surface area contributed by atoms with Gasteiger partial charge in [0, 0.05) is 11.1 Å². The Morgan fingerprint density at radius 3 is 1.40 bits per heavy atom. The molecule has 0 aromatic heterocycles. The Morgan fingerprint density at radius 1 is 0.333 bits per heavy atom. The molecule has 0 radical (unpaired) electrons. The quantitative estimate of drug-likeness (QED) is 0.209. The molecule has 0 saturated heterocycles. The molecule has 0 aliphatic heterocycles. The van der Waals surface area contributed by atoms with Crippen LogP contribution >= 0.6 is 0 Å². The normalized spacial score (nSPS) is 11.3. The Bertz CT molecular complexity index is 2450. The Morgan fingerprint density at radius 2 is 0.786 bits per heavy atom. The Hall–Kier alpha value is -5.96. The van der Waals surface area contributed by atoms with E-state index in [1.54, 1.807) is 0 Å². The van der Waals surface area contributed by atoms with Gasteiger partial charge >= 0.3 is 0 Å². The van der Waals surface area contributed by atoms with Crippen LogP contribution in [0.1, 0.15) is 11.1 Å². The molecule has 8 aromatic carbocycles. The molecule has 192 valence electrons. The van der Waals surface area contributed by atoms with Crippen molar-refractivity contribution < 1.29 is 0 Å². The molecule has 0 unspecified atom stereocenters. The van der Waals surface area contributed by atoms with E-state index in [0.717, 1.165) is 43.8 Å². The van der Waals surface area contributed by atoms with E-state index in [2.05, 4.69) is 109 Å². The molecule has 0 aliphatic carbocycles. The lowest BCUT2D eigenvalue weighted by atomic mass is 9.87. The molecule has 42 heavy (non-hydrogen) atoms. The average molecular weight is 531 g/mol. The molecule has 0 fully saturated rings. The van der Waals surface area contributed by atoms with Crippen LogP contribution in [0.3, 0.4) is 0 Å². The van der Waals surface area contributed by atoms with Gasteiger partial charge in [0.05, 0.1) is 23.3 Å². The van der Waals surface area contributed by atoms with Gasteiger partial charge in [-0.3, -0.25) is 0 Å². The van der Waals surface area contributed by atoms with E-state index in [1.807, 2.05) is 36.4 Å². The van der Waals surface area contributed by atoms with E-state index in [4.69, 9.17) is 0 Å². The fourth-order valence-corrected chi connectivity index (χ4v) is 6.60. The molecule has 0 heterocycles. The van der Waals surface area contributed by atoms with Crippen LogP contribution in [0.4, 0.5) is 0 Å². The van der Waals surface area contributed by atoms with Crippen molar-refractivity contribution in [3.63, 3.8) is 0 Å². The van der Waals surface area contributed by atoms with Crippen LogP contribution in [-0.2, 0) is 0 Å². The minimum absolute atomic E-state index is 0.547. The monoisotopic (exact) mass is 530 g/mol. The van der Waals surface area contributed by atoms with Gasteiger partial charge in [0.1, 0.15) is 0 Å². The predicted molar refractivity (Wildman–Crippen MR) is 174 cm³/mol. The van der Waals surface area contributed by atoms with Gasteiger partial charge in [-0.15, -0.1) is 0 Å². The zero-order valence-electron chi connectivity index (χ0n) is 22.6. The first-order valence-corrected chi connectivity index (χ1v) is 14.0. The third-order valence-electron chi connectivity index (χ3n) is 8.51. The van der Waals surface area contributed by atoms with E-state index in [1.165, 1.54) is 32.3 Å². The molecule has 0 aliphatic rings. The smallest absolute Gasteiger partial charge is 0.0998 e. The summed E-state index contributed by atoms with van der Waals surface area (Å²) in [6, 6.07) is 50.8. The van der Waals surface area contributed by atoms with E-state index < -0.39 is 0 Å². The first kappa shape index (κ1) is 23.9. The maximum Gasteiger partial charge on any atom is 0.0998 e. The van der Waals surface area contributed by atoms with Crippen LogP contribution in [0.5, 0.6) is 0 Å². The number of rotatable bonds is 2. The van der Waals surface area contributed by atoms with E-state index in [-0.39, 0.29) is 0 Å². The summed E-state index contributed by atoms with van der Waals surface area (Å²) in [5.74, 6) is 0. The largest absolute Gasteiger partial charge is 0.192 e. The predicted octanol–water partition coefficient (Wildman–Crippen LogP) is 10.5. The zero-order chi connectivity index (χ0) is 28.2. The summed E-state index contributed by atoms with van der Waals surface area (Å²) in [4.78, 5) is 0. The Kier molecular flexibility index (Phi) is 5.29. The molecule has 0 N–H and O–H groups in total. The van der Waals surface area contributed by atoms with Crippen LogP contribution < -0.4 is 0 Å². The van der Waals surface area contributed by atoms with Gasteiger partial charge in [-0.1, -0.05) is 109 Å². The molecule has 0 atom stereocenters. The van der Waals surface area contributed by atoms with E-state index >= 15 is 0 Å². The summed E-state index contributed by atoms with van der Waals surface area (Å²) in [7, 11) is 0. The molecule has 0 bridgehead atoms. The number of nitriles is 2. The third kappa shape index (κ3) is 3.50. The van der Waals surface area contributed by atoms with Crippen molar-refractivity contribution in [3.8, 4) is 34.4 Å². The number of hydrogen-bond donors (Lipinski definition) is 0. The number of benzene rings is 8. The topological polar surface area (TPSA) is 47.6 Å². The minimum Gasteiger partial charge on any atom is -0.192 e. The van der Waals surface area contributed by atoms with Gasteiger partial charge in [-0.2, -0.15) is 10.5 Å². The molecular weight excluding hydrogens is 508 g/mol. The van der Waals surface area contributed by atoms with Gasteiger partial charge in [0.2, 0.25) is 0 Å². The number of fused-ring (bicyclic) bond motifs is 9. The number of hydrogen-bond acceptors (Lipinski definition) is 2. The fourth-order valence-electron chi connectivity index (χ4n) is 6.60. The van der Waals surface area contributed by atoms with E-state index in [0.29, 0.717) is 11.1 Å². The van der Waals surface area contributed by atoms with Crippen molar-refractivity contribution >= 4 is 53.9 Å². The van der Waals surface area contributed by atoms with Crippen molar-refractivity contribution in [1.82, 2.24) is 0 Å². The second kappa shape index (κ2) is 9.31. The van der Waals surface area contributed by atoms with Crippen molar-refractivity contribution in [3.05, 3.63) is 145 Å². The lowest BCUT2D eigenvalue weighted by Gasteiger charge is -2.15. The first-order valence-electron chi connectivity index (χ1n) is 14.0. The van der Waals surface area contributed by atoms with Gasteiger partial charge < -0.3 is 0 Å². The van der Waals surface area contributed by atoms with Crippen LogP contribution in [-0.4, -0.2) is 0 Å². The lowest BCUT2D eigenvalue weighted by Crippen LogP contribution is -1.94. The van der Waals surface area contributed by atoms with Crippen LogP contribution in [0.25, 0.3) is 76.1 Å². The molecule has 0 spiro atoms. The molecule has 2 heteroatoms. The first-order chi connectivity index (χ1) is 20.7. The highest BCUT2D eigenvalue weighted by Gasteiger charge is 2.17. The van der Waals surface area contributed by atoms with Crippen molar-refractivity contribution in [1.29, 1.82) is 10.5 Å². The van der Waals surface area contributed by atoms with E-state index in [9.17, 15) is 10.5 Å². The summed E-state index contributed by atoms with van der Waals surface area (Å²) in [5.41, 5.74) is 4.52. The average Bonchev–Trinajstić information content (AvgIpc) is 3.07. The highest BCUT2D eigenvalue weighted by atomic mass is 14.3. The van der Waals surface area contributed by atoms with Gasteiger partial charge in [0.15, 0.2) is 0 Å². The Balaban J connectivity index is 1.40. The highest BCUT2D eigenvalue weighted by Crippen LogP contribution is 2.41. The summed E-state index contributed by atoms with van der Waals surface area (Å²) in [6.45, 7) is 0. The summed E-state index contributed by atoms with van der Waals surface area (Å²) >= 11 is 0. The second-order valence-corrected chi connectivity index (χ2v) is 10.7. The molecule has 0 saturated carbocycles. The maximum absolute atomic E-state index is 10.4. The van der Waals surface area contributed by atoms with Crippen molar-refractivity contribution in [2.75, 3.05) is 0 Å². The molecule has 0 amide bonds. The van der Waals surface area contributed by atoms with Gasteiger partial charge in [-0.05, 0) is 89.3 Å². The van der Waals surface area contributed by atoms with Gasteiger partial charge in [-0.25, -0.2) is 0 Å². The second-order valence-electron chi connectivity index (χ2n) is 10.7. The highest BCUT2D eigenvalue weighted by molar-refractivity contribution is 6.25. The third-order valence-corrected chi connectivity index (χ3v) is 8.51. The summed E-state index contributed by atoms with van der Waals surface area (Å²) in [5, 5.41) is 32.4.